The third-order valence-corrected chi connectivity index (χ3v) is 6.91. The standard InChI is InChI=1S/C24H28FN5O3/c1-13(2)24(19(12-26)22(27)33-23-21(24)14(3)28-29-23)16-9-17(25)11-18(10-16)30-6-4-15(5-7-30)8-20(31)32/h9-11,13,15H,4-8,27H2,1-3H3,(H,28,29)(H,31,32)/t24-/m0/s1. The van der Waals surface area contributed by atoms with Crippen molar-refractivity contribution in [2.24, 2.45) is 17.6 Å². The van der Waals surface area contributed by atoms with Gasteiger partial charge in [0.2, 0.25) is 11.8 Å². The summed E-state index contributed by atoms with van der Waals surface area (Å²) >= 11 is 0. The average Bonchev–Trinajstić information content (AvgIpc) is 3.12. The Morgan fingerprint density at radius 3 is 2.73 bits per heavy atom. The number of piperidine rings is 1. The summed E-state index contributed by atoms with van der Waals surface area (Å²) in [6.45, 7) is 7.05. The highest BCUT2D eigenvalue weighted by Gasteiger charge is 2.51. The molecule has 1 aromatic heterocycles. The molecular formula is C24H28FN5O3. The molecule has 2 aromatic rings. The molecule has 0 saturated carbocycles. The van der Waals surface area contributed by atoms with Crippen molar-refractivity contribution in [3.05, 3.63) is 52.3 Å². The number of aromatic nitrogens is 2. The lowest BCUT2D eigenvalue weighted by molar-refractivity contribution is -0.138. The van der Waals surface area contributed by atoms with Gasteiger partial charge >= 0.3 is 5.97 Å². The topological polar surface area (TPSA) is 128 Å². The predicted octanol–water partition coefficient (Wildman–Crippen LogP) is 3.58. The van der Waals surface area contributed by atoms with E-state index >= 15 is 4.39 Å². The first-order valence-electron chi connectivity index (χ1n) is 11.1. The highest BCUT2D eigenvalue weighted by molar-refractivity contribution is 5.67. The summed E-state index contributed by atoms with van der Waals surface area (Å²) in [6.07, 6.45) is 1.60. The van der Waals surface area contributed by atoms with Gasteiger partial charge in [0.15, 0.2) is 0 Å². The normalized spacial score (nSPS) is 21.0. The number of nitrogens with zero attached hydrogens (tertiary/aromatic N) is 3. The summed E-state index contributed by atoms with van der Waals surface area (Å²) in [7, 11) is 0. The lowest BCUT2D eigenvalue weighted by Crippen LogP contribution is -2.42. The second-order valence-corrected chi connectivity index (χ2v) is 9.17. The summed E-state index contributed by atoms with van der Waals surface area (Å²) in [5.41, 5.74) is 8.06. The van der Waals surface area contributed by atoms with Gasteiger partial charge in [0.1, 0.15) is 17.5 Å². The monoisotopic (exact) mass is 453 g/mol. The fourth-order valence-electron chi connectivity index (χ4n) is 5.39. The Labute approximate surface area is 191 Å². The Bertz CT molecular complexity index is 1160. The summed E-state index contributed by atoms with van der Waals surface area (Å²) in [5, 5.41) is 26.3. The van der Waals surface area contributed by atoms with Crippen molar-refractivity contribution in [3.63, 3.8) is 0 Å². The Balaban J connectivity index is 1.83. The van der Waals surface area contributed by atoms with Gasteiger partial charge in [0.05, 0.1) is 11.0 Å². The number of nitriles is 1. The number of benzene rings is 1. The van der Waals surface area contributed by atoms with Crippen LogP contribution in [0, 0.1) is 35.9 Å². The van der Waals surface area contributed by atoms with Crippen LogP contribution in [0.1, 0.15) is 49.9 Å². The lowest BCUT2D eigenvalue weighted by atomic mass is 9.62. The zero-order chi connectivity index (χ0) is 23.9. The van der Waals surface area contributed by atoms with E-state index in [1.54, 1.807) is 0 Å². The van der Waals surface area contributed by atoms with Crippen molar-refractivity contribution in [1.82, 2.24) is 10.2 Å². The number of fused-ring (bicyclic) bond motifs is 1. The van der Waals surface area contributed by atoms with Crippen LogP contribution < -0.4 is 15.4 Å². The van der Waals surface area contributed by atoms with Gasteiger partial charge in [-0.3, -0.25) is 9.89 Å². The number of aryl methyl sites for hydroxylation is 1. The molecule has 4 rings (SSSR count). The van der Waals surface area contributed by atoms with Crippen LogP contribution in [0.25, 0.3) is 0 Å². The Kier molecular flexibility index (Phi) is 5.78. The largest absolute Gasteiger partial charge is 0.481 e. The number of carboxylic acid groups (broad SMARTS) is 1. The lowest BCUT2D eigenvalue weighted by Gasteiger charge is -2.41. The molecule has 0 bridgehead atoms. The number of carboxylic acids is 1. The molecule has 4 N–H and O–H groups in total. The number of anilines is 1. The Morgan fingerprint density at radius 2 is 2.12 bits per heavy atom. The number of ether oxygens (including phenoxy) is 1. The van der Waals surface area contributed by atoms with Gasteiger partial charge < -0.3 is 20.5 Å². The fourth-order valence-corrected chi connectivity index (χ4v) is 5.39. The van der Waals surface area contributed by atoms with Crippen molar-refractivity contribution in [1.29, 1.82) is 5.26 Å². The van der Waals surface area contributed by atoms with Crippen LogP contribution >= 0.6 is 0 Å². The molecule has 0 radical (unpaired) electrons. The number of nitrogens with two attached hydrogens (primary N) is 1. The predicted molar refractivity (Wildman–Crippen MR) is 120 cm³/mol. The molecule has 9 heteroatoms. The maximum absolute atomic E-state index is 15.1. The SMILES string of the molecule is Cc1[nH]nc2c1[C@](c1cc(F)cc(N3CCC(CC(=O)O)CC3)c1)(C(C)C)C(C#N)=C(N)O2. The minimum Gasteiger partial charge on any atom is -0.481 e. The molecule has 2 aliphatic rings. The van der Waals surface area contributed by atoms with Crippen molar-refractivity contribution in [2.75, 3.05) is 18.0 Å². The molecule has 1 aromatic carbocycles. The molecule has 174 valence electrons. The molecule has 1 saturated heterocycles. The molecule has 3 heterocycles. The first-order valence-corrected chi connectivity index (χ1v) is 11.1. The maximum Gasteiger partial charge on any atom is 0.303 e. The van der Waals surface area contributed by atoms with Crippen molar-refractivity contribution < 1.29 is 19.0 Å². The molecule has 1 fully saturated rings. The van der Waals surface area contributed by atoms with Gasteiger partial charge in [0.25, 0.3) is 0 Å². The smallest absolute Gasteiger partial charge is 0.303 e. The summed E-state index contributed by atoms with van der Waals surface area (Å²) in [4.78, 5) is 13.1. The van der Waals surface area contributed by atoms with E-state index in [2.05, 4.69) is 21.2 Å². The van der Waals surface area contributed by atoms with Crippen LogP contribution in [0.15, 0.2) is 29.7 Å². The van der Waals surface area contributed by atoms with E-state index in [1.807, 2.05) is 26.8 Å². The van der Waals surface area contributed by atoms with E-state index in [1.165, 1.54) is 12.1 Å². The fraction of sp³-hybridized carbons (Fsp3) is 0.458. The molecular weight excluding hydrogens is 425 g/mol. The molecule has 1 atom stereocenters. The number of halogens is 1. The molecule has 8 nitrogen and oxygen atoms in total. The number of carbonyl (C=O) groups is 1. The van der Waals surface area contributed by atoms with Gasteiger partial charge in [-0.25, -0.2) is 4.39 Å². The average molecular weight is 454 g/mol. The van der Waals surface area contributed by atoms with E-state index in [0.717, 1.165) is 18.5 Å². The Hall–Kier alpha value is -3.54. The number of allylic oxidation sites excluding steroid dienone is 1. The second kappa shape index (κ2) is 8.43. The number of H-pyrrole nitrogens is 1. The number of hydrogen-bond donors (Lipinski definition) is 3. The highest BCUT2D eigenvalue weighted by Crippen LogP contribution is 2.53. The summed E-state index contributed by atoms with van der Waals surface area (Å²) < 4.78 is 20.7. The van der Waals surface area contributed by atoms with Crippen LogP contribution in [0.2, 0.25) is 0 Å². The van der Waals surface area contributed by atoms with E-state index in [0.29, 0.717) is 29.9 Å². The van der Waals surface area contributed by atoms with Gasteiger partial charge in [-0.2, -0.15) is 5.26 Å². The molecule has 2 aliphatic heterocycles. The van der Waals surface area contributed by atoms with E-state index < -0.39 is 17.2 Å². The van der Waals surface area contributed by atoms with Crippen molar-refractivity contribution in [3.8, 4) is 11.9 Å². The van der Waals surface area contributed by atoms with Gasteiger partial charge in [0, 0.05) is 30.9 Å². The van der Waals surface area contributed by atoms with Crippen LogP contribution in [0.5, 0.6) is 5.88 Å². The number of hydrogen-bond acceptors (Lipinski definition) is 6. The van der Waals surface area contributed by atoms with Crippen molar-refractivity contribution >= 4 is 11.7 Å². The Morgan fingerprint density at radius 1 is 1.42 bits per heavy atom. The van der Waals surface area contributed by atoms with Crippen LogP contribution in [0.3, 0.4) is 0 Å². The number of nitrogens with one attached hydrogen (secondary N) is 1. The summed E-state index contributed by atoms with van der Waals surface area (Å²) in [5.74, 6) is -1.00. The zero-order valence-electron chi connectivity index (χ0n) is 19.0. The third-order valence-electron chi connectivity index (χ3n) is 6.91. The van der Waals surface area contributed by atoms with Gasteiger partial charge in [-0.1, -0.05) is 13.8 Å². The molecule has 0 aliphatic carbocycles. The van der Waals surface area contributed by atoms with Crippen LogP contribution in [-0.2, 0) is 10.2 Å². The number of aliphatic carboxylic acids is 1. The van der Waals surface area contributed by atoms with Crippen LogP contribution in [-0.4, -0.2) is 34.4 Å². The van der Waals surface area contributed by atoms with Gasteiger partial charge in [-0.05, 0) is 55.4 Å². The molecule has 0 unspecified atom stereocenters. The van der Waals surface area contributed by atoms with E-state index in [9.17, 15) is 10.1 Å². The van der Waals surface area contributed by atoms with E-state index in [-0.39, 0.29) is 35.6 Å². The first-order chi connectivity index (χ1) is 15.7. The highest BCUT2D eigenvalue weighted by atomic mass is 19.1. The number of rotatable bonds is 5. The van der Waals surface area contributed by atoms with Gasteiger partial charge in [-0.15, -0.1) is 5.10 Å². The number of aromatic amines is 1. The van der Waals surface area contributed by atoms with Crippen LogP contribution in [0.4, 0.5) is 10.1 Å². The quantitative estimate of drug-likeness (QED) is 0.631. The summed E-state index contributed by atoms with van der Waals surface area (Å²) in [6, 6.07) is 7.06. The minimum atomic E-state index is -1.04. The molecule has 33 heavy (non-hydrogen) atoms. The third kappa shape index (κ3) is 3.69. The maximum atomic E-state index is 15.1. The minimum absolute atomic E-state index is 0.0366. The first kappa shape index (κ1) is 22.6. The zero-order valence-corrected chi connectivity index (χ0v) is 19.0. The molecule has 0 amide bonds. The van der Waals surface area contributed by atoms with E-state index in [4.69, 9.17) is 15.6 Å². The second-order valence-electron chi connectivity index (χ2n) is 9.17. The molecule has 0 spiro atoms. The van der Waals surface area contributed by atoms with Crippen molar-refractivity contribution in [2.45, 2.75) is 45.4 Å².